The van der Waals surface area contributed by atoms with E-state index in [1.165, 1.54) is 0 Å². The second-order valence-electron chi connectivity index (χ2n) is 8.36. The van der Waals surface area contributed by atoms with Gasteiger partial charge in [-0.2, -0.15) is 4.98 Å². The number of fused-ring (bicyclic) bond motifs is 2. The van der Waals surface area contributed by atoms with Crippen molar-refractivity contribution in [3.8, 4) is 0 Å². The minimum atomic E-state index is -0.501. The Balaban J connectivity index is 1.47. The molecule has 150 valence electrons. The Labute approximate surface area is 173 Å². The van der Waals surface area contributed by atoms with E-state index in [-0.39, 0.29) is 5.91 Å². The number of benzene rings is 2. The van der Waals surface area contributed by atoms with Crippen LogP contribution >= 0.6 is 0 Å². The first kappa shape index (κ1) is 17.4. The standard InChI is InChI=1S/C23H21N5O2/c1-15-25-22(30-26-15)23-11-16(12-23)13-28(23)21(29)20(17-7-3-2-4-8-17)27-14-24-18-9-5-6-10-19(18)27/h2-10,14,16,20H,11-13H2,1H3. The molecule has 3 fully saturated rings. The van der Waals surface area contributed by atoms with Gasteiger partial charge in [-0.3, -0.25) is 4.79 Å². The van der Waals surface area contributed by atoms with Crippen molar-refractivity contribution < 1.29 is 9.32 Å². The predicted octanol–water partition coefficient (Wildman–Crippen LogP) is 3.46. The van der Waals surface area contributed by atoms with Gasteiger partial charge in [0.15, 0.2) is 5.82 Å². The lowest BCUT2D eigenvalue weighted by Gasteiger charge is -2.40. The summed E-state index contributed by atoms with van der Waals surface area (Å²) in [7, 11) is 0. The Morgan fingerprint density at radius 1 is 1.13 bits per heavy atom. The van der Waals surface area contributed by atoms with E-state index in [9.17, 15) is 4.79 Å². The molecule has 7 nitrogen and oxygen atoms in total. The second kappa shape index (κ2) is 6.26. The molecule has 2 aromatic heterocycles. The van der Waals surface area contributed by atoms with Crippen LogP contribution in [0.25, 0.3) is 11.0 Å². The van der Waals surface area contributed by atoms with Crippen LogP contribution in [0.5, 0.6) is 0 Å². The van der Waals surface area contributed by atoms with E-state index in [1.54, 1.807) is 6.33 Å². The summed E-state index contributed by atoms with van der Waals surface area (Å²) in [6.45, 7) is 2.53. The van der Waals surface area contributed by atoms with Gasteiger partial charge in [-0.15, -0.1) is 0 Å². The van der Waals surface area contributed by atoms with Crippen molar-refractivity contribution in [1.29, 1.82) is 0 Å². The van der Waals surface area contributed by atoms with Crippen LogP contribution in [0.15, 0.2) is 65.4 Å². The molecule has 2 bridgehead atoms. The van der Waals surface area contributed by atoms with Crippen molar-refractivity contribution in [2.24, 2.45) is 5.92 Å². The summed E-state index contributed by atoms with van der Waals surface area (Å²) in [5, 5.41) is 3.98. The molecule has 4 aromatic rings. The number of carbonyl (C=O) groups excluding carboxylic acids is 1. The largest absolute Gasteiger partial charge is 0.337 e. The van der Waals surface area contributed by atoms with Crippen LogP contribution in [0.3, 0.4) is 0 Å². The third-order valence-electron chi connectivity index (χ3n) is 6.51. The number of para-hydroxylation sites is 2. The van der Waals surface area contributed by atoms with Crippen LogP contribution in [-0.2, 0) is 10.3 Å². The van der Waals surface area contributed by atoms with Crippen LogP contribution < -0.4 is 0 Å². The molecule has 30 heavy (non-hydrogen) atoms. The first-order valence-corrected chi connectivity index (χ1v) is 10.2. The van der Waals surface area contributed by atoms with Gasteiger partial charge in [-0.1, -0.05) is 47.6 Å². The number of rotatable bonds is 4. The van der Waals surface area contributed by atoms with Gasteiger partial charge >= 0.3 is 0 Å². The maximum Gasteiger partial charge on any atom is 0.252 e. The van der Waals surface area contributed by atoms with Crippen molar-refractivity contribution in [2.75, 3.05) is 6.54 Å². The maximum absolute atomic E-state index is 14.1. The summed E-state index contributed by atoms with van der Waals surface area (Å²) in [5.41, 5.74) is 2.27. The minimum absolute atomic E-state index is 0.0419. The number of aromatic nitrogens is 4. The molecule has 1 atom stereocenters. The number of aryl methyl sites for hydroxylation is 1. The van der Waals surface area contributed by atoms with Crippen LogP contribution in [-0.4, -0.2) is 37.0 Å². The van der Waals surface area contributed by atoms with Gasteiger partial charge < -0.3 is 14.0 Å². The molecule has 1 unspecified atom stereocenters. The average Bonchev–Trinajstić information content (AvgIpc) is 3.50. The van der Waals surface area contributed by atoms with Crippen molar-refractivity contribution in [3.05, 3.63) is 78.2 Å². The highest BCUT2D eigenvalue weighted by Crippen LogP contribution is 2.57. The summed E-state index contributed by atoms with van der Waals surface area (Å²) in [6, 6.07) is 17.3. The van der Waals surface area contributed by atoms with Gasteiger partial charge in [0, 0.05) is 6.54 Å². The van der Waals surface area contributed by atoms with E-state index in [2.05, 4.69) is 15.1 Å². The third-order valence-corrected chi connectivity index (χ3v) is 6.51. The lowest BCUT2D eigenvalue weighted by atomic mass is 9.73. The smallest absolute Gasteiger partial charge is 0.252 e. The highest BCUT2D eigenvalue weighted by atomic mass is 16.5. The molecule has 3 aliphatic rings. The van der Waals surface area contributed by atoms with Gasteiger partial charge in [0.1, 0.15) is 11.6 Å². The molecule has 0 N–H and O–H groups in total. The first-order chi connectivity index (χ1) is 14.7. The van der Waals surface area contributed by atoms with Crippen LogP contribution in [0, 0.1) is 12.8 Å². The summed E-state index contributed by atoms with van der Waals surface area (Å²) in [5.74, 6) is 1.68. The highest BCUT2D eigenvalue weighted by Gasteiger charge is 2.62. The molecule has 1 saturated carbocycles. The maximum atomic E-state index is 14.1. The number of amides is 1. The molecule has 7 rings (SSSR count). The van der Waals surface area contributed by atoms with Crippen molar-refractivity contribution in [3.63, 3.8) is 0 Å². The Kier molecular flexibility index (Phi) is 3.63. The van der Waals surface area contributed by atoms with Crippen molar-refractivity contribution >= 4 is 16.9 Å². The average molecular weight is 399 g/mol. The second-order valence-corrected chi connectivity index (χ2v) is 8.36. The number of nitrogens with zero attached hydrogens (tertiary/aromatic N) is 5. The minimum Gasteiger partial charge on any atom is -0.337 e. The van der Waals surface area contributed by atoms with E-state index >= 15 is 0 Å². The van der Waals surface area contributed by atoms with E-state index in [0.29, 0.717) is 17.6 Å². The van der Waals surface area contributed by atoms with E-state index in [4.69, 9.17) is 4.52 Å². The first-order valence-electron chi connectivity index (χ1n) is 10.2. The SMILES string of the molecule is Cc1noc(C23CC(CN2C(=O)C(c2ccccc2)n2cnc4ccccc42)C3)n1. The quantitative estimate of drug-likeness (QED) is 0.525. The number of imidazole rings is 1. The van der Waals surface area contributed by atoms with Crippen molar-refractivity contribution in [1.82, 2.24) is 24.6 Å². The molecule has 4 heterocycles. The molecule has 0 radical (unpaired) electrons. The van der Waals surface area contributed by atoms with Gasteiger partial charge in [-0.05, 0) is 43.4 Å². The molecular formula is C23H21N5O2. The summed E-state index contributed by atoms with van der Waals surface area (Å²) in [4.78, 5) is 25.1. The van der Waals surface area contributed by atoms with Crippen LogP contribution in [0.4, 0.5) is 0 Å². The highest BCUT2D eigenvalue weighted by molar-refractivity contribution is 5.88. The summed E-state index contributed by atoms with van der Waals surface area (Å²) in [6.07, 6.45) is 3.53. The fourth-order valence-corrected chi connectivity index (χ4v) is 5.14. The molecule has 7 heteroatoms. The van der Waals surface area contributed by atoms with Gasteiger partial charge in [0.25, 0.3) is 11.8 Å². The lowest BCUT2D eigenvalue weighted by Crippen LogP contribution is -2.48. The molecule has 2 saturated heterocycles. The summed E-state index contributed by atoms with van der Waals surface area (Å²) >= 11 is 0. The third kappa shape index (κ3) is 2.38. The van der Waals surface area contributed by atoms with E-state index in [1.807, 2.05) is 71.0 Å². The zero-order valence-corrected chi connectivity index (χ0v) is 16.6. The zero-order chi connectivity index (χ0) is 20.3. The molecule has 2 aliphatic heterocycles. The Morgan fingerprint density at radius 2 is 1.90 bits per heavy atom. The van der Waals surface area contributed by atoms with Gasteiger partial charge in [0.2, 0.25) is 0 Å². The zero-order valence-electron chi connectivity index (χ0n) is 16.6. The van der Waals surface area contributed by atoms with Gasteiger partial charge in [0.05, 0.1) is 17.4 Å². The molecule has 2 aromatic carbocycles. The van der Waals surface area contributed by atoms with E-state index in [0.717, 1.165) is 36.0 Å². The Hall–Kier alpha value is -3.48. The number of hydrogen-bond acceptors (Lipinski definition) is 5. The van der Waals surface area contributed by atoms with E-state index < -0.39 is 11.6 Å². The monoisotopic (exact) mass is 399 g/mol. The Bertz CT molecular complexity index is 1240. The fourth-order valence-electron chi connectivity index (χ4n) is 5.14. The number of hydrogen-bond donors (Lipinski definition) is 0. The normalized spacial score (nSPS) is 23.5. The predicted molar refractivity (Wildman–Crippen MR) is 109 cm³/mol. The molecule has 1 aliphatic carbocycles. The van der Waals surface area contributed by atoms with Crippen LogP contribution in [0.1, 0.15) is 36.2 Å². The van der Waals surface area contributed by atoms with Crippen LogP contribution in [0.2, 0.25) is 0 Å². The van der Waals surface area contributed by atoms with Crippen molar-refractivity contribution in [2.45, 2.75) is 31.3 Å². The Morgan fingerprint density at radius 3 is 2.67 bits per heavy atom. The lowest BCUT2D eigenvalue weighted by molar-refractivity contribution is -0.138. The van der Waals surface area contributed by atoms with Gasteiger partial charge in [-0.25, -0.2) is 4.98 Å². The number of carbonyl (C=O) groups is 1. The topological polar surface area (TPSA) is 77.0 Å². The molecule has 1 amide bonds. The molecule has 0 spiro atoms. The fraction of sp³-hybridized carbons (Fsp3) is 0.304. The summed E-state index contributed by atoms with van der Waals surface area (Å²) < 4.78 is 7.52. The molecular weight excluding hydrogens is 378 g/mol.